The molecule has 7 nitrogen and oxygen atoms in total. The number of fused-ring (bicyclic) bond motifs is 1. The highest BCUT2D eigenvalue weighted by molar-refractivity contribution is 6.31. The third-order valence-corrected chi connectivity index (χ3v) is 7.44. The van der Waals surface area contributed by atoms with Crippen LogP contribution in [0.3, 0.4) is 0 Å². The van der Waals surface area contributed by atoms with Gasteiger partial charge in [-0.3, -0.25) is 14.2 Å². The molecule has 0 bridgehead atoms. The molecule has 1 N–H and O–H groups in total. The van der Waals surface area contributed by atoms with Gasteiger partial charge in [0.05, 0.1) is 11.0 Å². The molecule has 166 valence electrons. The standard InChI is InChI=1S/C23H29ClN4O3/c24-18-7-8-19-20(13-18)28(23(31)25-19)14-15-1-3-16(4-2-15)21(29)26-9-11-27(12-10-26)22(30)17-5-6-17/h7-8,13,15-17H,1-6,9-12,14H2,(H,25,31)/t15-,16-. The fraction of sp³-hybridized carbons (Fsp3) is 0.609. The van der Waals surface area contributed by atoms with Crippen LogP contribution in [0.5, 0.6) is 0 Å². The van der Waals surface area contributed by atoms with E-state index in [1.807, 2.05) is 21.9 Å². The predicted molar refractivity (Wildman–Crippen MR) is 119 cm³/mol. The van der Waals surface area contributed by atoms with Gasteiger partial charge in [-0.05, 0) is 62.6 Å². The minimum atomic E-state index is -0.103. The first-order valence-electron chi connectivity index (χ1n) is 11.5. The van der Waals surface area contributed by atoms with Gasteiger partial charge in [0.25, 0.3) is 0 Å². The maximum absolute atomic E-state index is 13.0. The Labute approximate surface area is 186 Å². The molecule has 0 unspecified atom stereocenters. The van der Waals surface area contributed by atoms with Crippen molar-refractivity contribution in [3.05, 3.63) is 33.7 Å². The number of benzene rings is 1. The summed E-state index contributed by atoms with van der Waals surface area (Å²) in [6, 6.07) is 5.45. The number of halogens is 1. The van der Waals surface area contributed by atoms with Crippen LogP contribution >= 0.6 is 11.6 Å². The molecule has 8 heteroatoms. The third-order valence-electron chi connectivity index (χ3n) is 7.20. The molecule has 2 amide bonds. The number of imidazole rings is 1. The zero-order valence-corrected chi connectivity index (χ0v) is 18.4. The molecule has 0 radical (unpaired) electrons. The minimum absolute atomic E-state index is 0.0658. The van der Waals surface area contributed by atoms with Crippen LogP contribution in [0.4, 0.5) is 0 Å². The molecule has 0 spiro atoms. The van der Waals surface area contributed by atoms with E-state index in [2.05, 4.69) is 4.98 Å². The molecular weight excluding hydrogens is 416 g/mol. The highest BCUT2D eigenvalue weighted by Crippen LogP contribution is 2.33. The molecule has 3 fully saturated rings. The number of carbonyl (C=O) groups is 2. The molecule has 2 aromatic rings. The summed E-state index contributed by atoms with van der Waals surface area (Å²) in [6.45, 7) is 3.30. The van der Waals surface area contributed by atoms with Crippen molar-refractivity contribution in [2.45, 2.75) is 45.1 Å². The van der Waals surface area contributed by atoms with Gasteiger partial charge in [0.15, 0.2) is 0 Å². The first kappa shape index (κ1) is 20.6. The van der Waals surface area contributed by atoms with E-state index in [0.717, 1.165) is 49.6 Å². The van der Waals surface area contributed by atoms with E-state index < -0.39 is 0 Å². The van der Waals surface area contributed by atoms with Crippen molar-refractivity contribution in [3.63, 3.8) is 0 Å². The van der Waals surface area contributed by atoms with Gasteiger partial charge >= 0.3 is 5.69 Å². The Morgan fingerprint density at radius 3 is 2.00 bits per heavy atom. The molecular formula is C23H29ClN4O3. The molecule has 31 heavy (non-hydrogen) atoms. The summed E-state index contributed by atoms with van der Waals surface area (Å²) < 4.78 is 1.78. The summed E-state index contributed by atoms with van der Waals surface area (Å²) in [5.74, 6) is 1.22. The molecule has 2 heterocycles. The number of aromatic nitrogens is 2. The molecule has 3 aliphatic rings. The quantitative estimate of drug-likeness (QED) is 0.787. The van der Waals surface area contributed by atoms with Crippen molar-refractivity contribution in [2.75, 3.05) is 26.2 Å². The summed E-state index contributed by atoms with van der Waals surface area (Å²) in [5.41, 5.74) is 1.54. The van der Waals surface area contributed by atoms with Gasteiger partial charge in [-0.1, -0.05) is 11.6 Å². The van der Waals surface area contributed by atoms with E-state index in [1.54, 1.807) is 10.6 Å². The zero-order chi connectivity index (χ0) is 21.5. The lowest BCUT2D eigenvalue weighted by molar-refractivity contribution is -0.143. The second kappa shape index (κ2) is 8.34. The molecule has 1 aromatic carbocycles. The number of aromatic amines is 1. The van der Waals surface area contributed by atoms with E-state index >= 15 is 0 Å². The largest absolute Gasteiger partial charge is 0.339 e. The predicted octanol–water partition coefficient (Wildman–Crippen LogP) is 2.87. The van der Waals surface area contributed by atoms with E-state index in [-0.39, 0.29) is 29.3 Å². The topological polar surface area (TPSA) is 78.4 Å². The van der Waals surface area contributed by atoms with Crippen molar-refractivity contribution >= 4 is 34.4 Å². The average molecular weight is 445 g/mol. The van der Waals surface area contributed by atoms with E-state index in [1.165, 1.54) is 0 Å². The van der Waals surface area contributed by atoms with Crippen LogP contribution in [0.1, 0.15) is 38.5 Å². The van der Waals surface area contributed by atoms with Crippen LogP contribution in [0.15, 0.2) is 23.0 Å². The van der Waals surface area contributed by atoms with Crippen LogP contribution in [-0.2, 0) is 16.1 Å². The highest BCUT2D eigenvalue weighted by Gasteiger charge is 2.36. The highest BCUT2D eigenvalue weighted by atomic mass is 35.5. The van der Waals surface area contributed by atoms with E-state index in [4.69, 9.17) is 11.6 Å². The molecule has 0 atom stereocenters. The zero-order valence-electron chi connectivity index (χ0n) is 17.7. The number of carbonyl (C=O) groups excluding carboxylic acids is 2. The number of amides is 2. The molecule has 1 aliphatic heterocycles. The number of nitrogens with zero attached hydrogens (tertiary/aromatic N) is 3. The number of piperazine rings is 1. The summed E-state index contributed by atoms with van der Waals surface area (Å²) in [7, 11) is 0. The fourth-order valence-electron chi connectivity index (χ4n) is 5.15. The second-order valence-electron chi connectivity index (χ2n) is 9.34. The SMILES string of the molecule is O=C(C1CC1)N1CCN(C(=O)[C@H]2CC[C@H](Cn3c(=O)[nH]c4ccc(Cl)cc43)CC2)CC1. The normalized spacial score (nSPS) is 24.5. The minimum Gasteiger partial charge on any atom is -0.339 e. The fourth-order valence-corrected chi connectivity index (χ4v) is 5.32. The van der Waals surface area contributed by atoms with Gasteiger partial charge in [0, 0.05) is 49.6 Å². The first-order chi connectivity index (χ1) is 15.0. The third kappa shape index (κ3) is 4.25. The van der Waals surface area contributed by atoms with Gasteiger partial charge in [-0.15, -0.1) is 0 Å². The Kier molecular flexibility index (Phi) is 5.54. The van der Waals surface area contributed by atoms with Crippen LogP contribution < -0.4 is 5.69 Å². The van der Waals surface area contributed by atoms with Crippen molar-refractivity contribution in [1.82, 2.24) is 19.4 Å². The van der Waals surface area contributed by atoms with Crippen molar-refractivity contribution in [2.24, 2.45) is 17.8 Å². The summed E-state index contributed by atoms with van der Waals surface area (Å²) in [4.78, 5) is 44.4. The van der Waals surface area contributed by atoms with Crippen LogP contribution in [0, 0.1) is 17.8 Å². The molecule has 2 saturated carbocycles. The Hall–Kier alpha value is -2.28. The molecule has 2 aliphatic carbocycles. The number of H-pyrrole nitrogens is 1. The maximum Gasteiger partial charge on any atom is 0.326 e. The Morgan fingerprint density at radius 2 is 1.45 bits per heavy atom. The summed E-state index contributed by atoms with van der Waals surface area (Å²) in [5, 5.41) is 0.619. The molecule has 1 aromatic heterocycles. The van der Waals surface area contributed by atoms with Gasteiger partial charge in [0.1, 0.15) is 0 Å². The number of nitrogens with one attached hydrogen (secondary N) is 1. The number of hydrogen-bond acceptors (Lipinski definition) is 3. The Balaban J connectivity index is 1.14. The van der Waals surface area contributed by atoms with Crippen LogP contribution in [0.25, 0.3) is 11.0 Å². The van der Waals surface area contributed by atoms with Gasteiger partial charge < -0.3 is 14.8 Å². The average Bonchev–Trinajstić information content (AvgIpc) is 3.59. The second-order valence-corrected chi connectivity index (χ2v) is 9.78. The van der Waals surface area contributed by atoms with Crippen LogP contribution in [-0.4, -0.2) is 57.3 Å². The van der Waals surface area contributed by atoms with Crippen molar-refractivity contribution in [1.29, 1.82) is 0 Å². The summed E-state index contributed by atoms with van der Waals surface area (Å²) in [6.07, 6.45) is 5.66. The van der Waals surface area contributed by atoms with Crippen molar-refractivity contribution < 1.29 is 9.59 Å². The monoisotopic (exact) mass is 444 g/mol. The lowest BCUT2D eigenvalue weighted by Gasteiger charge is -2.38. The number of hydrogen-bond donors (Lipinski definition) is 1. The lowest BCUT2D eigenvalue weighted by atomic mass is 9.81. The maximum atomic E-state index is 13.0. The van der Waals surface area contributed by atoms with Crippen molar-refractivity contribution in [3.8, 4) is 0 Å². The van der Waals surface area contributed by atoms with Gasteiger partial charge in [-0.2, -0.15) is 0 Å². The van der Waals surface area contributed by atoms with Gasteiger partial charge in [0.2, 0.25) is 11.8 Å². The first-order valence-corrected chi connectivity index (χ1v) is 11.8. The Bertz CT molecular complexity index is 1040. The Morgan fingerprint density at radius 1 is 0.903 bits per heavy atom. The van der Waals surface area contributed by atoms with E-state index in [0.29, 0.717) is 43.7 Å². The molecule has 1 saturated heterocycles. The smallest absolute Gasteiger partial charge is 0.326 e. The lowest BCUT2D eigenvalue weighted by Crippen LogP contribution is -2.52. The van der Waals surface area contributed by atoms with E-state index in [9.17, 15) is 14.4 Å². The summed E-state index contributed by atoms with van der Waals surface area (Å²) >= 11 is 6.12. The number of rotatable bonds is 4. The molecule has 5 rings (SSSR count). The van der Waals surface area contributed by atoms with Crippen LogP contribution in [0.2, 0.25) is 5.02 Å². The van der Waals surface area contributed by atoms with Gasteiger partial charge in [-0.25, -0.2) is 4.79 Å².